The molecule has 0 radical (unpaired) electrons. The summed E-state index contributed by atoms with van der Waals surface area (Å²) in [7, 11) is 0. The Morgan fingerprint density at radius 1 is 1.09 bits per heavy atom. The van der Waals surface area contributed by atoms with Gasteiger partial charge in [0.1, 0.15) is 23.8 Å². The summed E-state index contributed by atoms with van der Waals surface area (Å²) in [6.45, 7) is 2.58. The Morgan fingerprint density at radius 3 is 2.56 bits per heavy atom. The Kier molecular flexibility index (Phi) is 6.66. The average molecular weight is 480 g/mol. The highest BCUT2D eigenvalue weighted by Gasteiger charge is 2.30. The van der Waals surface area contributed by atoms with E-state index < -0.39 is 12.4 Å². The van der Waals surface area contributed by atoms with Gasteiger partial charge in [0, 0.05) is 37.1 Å². The Balaban J connectivity index is 1.24. The van der Waals surface area contributed by atoms with Gasteiger partial charge in [-0.1, -0.05) is 23.5 Å². The second kappa shape index (κ2) is 10.0. The van der Waals surface area contributed by atoms with E-state index in [0.717, 1.165) is 39.6 Å². The number of halogens is 1. The number of aromatic nitrogens is 3. The van der Waals surface area contributed by atoms with Gasteiger partial charge in [0.25, 0.3) is 0 Å². The van der Waals surface area contributed by atoms with Crippen LogP contribution in [0.5, 0.6) is 11.6 Å². The summed E-state index contributed by atoms with van der Waals surface area (Å²) >= 11 is 1.61. The fourth-order valence-corrected chi connectivity index (χ4v) is 5.08. The molecule has 0 amide bonds. The predicted molar refractivity (Wildman–Crippen MR) is 132 cm³/mol. The number of nitrogens with zero attached hydrogens (tertiary/aromatic N) is 4. The minimum absolute atomic E-state index is 0.141. The third-order valence-corrected chi connectivity index (χ3v) is 6.96. The molecule has 0 aliphatic carbocycles. The molecule has 1 saturated heterocycles. The van der Waals surface area contributed by atoms with Crippen LogP contribution in [-0.4, -0.2) is 50.4 Å². The number of ether oxygens (including phenoxy) is 1. The zero-order chi connectivity index (χ0) is 23.5. The molecule has 1 fully saturated rings. The molecule has 0 saturated carbocycles. The van der Waals surface area contributed by atoms with Crippen LogP contribution in [0.25, 0.3) is 10.2 Å². The minimum Gasteiger partial charge on any atom is -0.437 e. The van der Waals surface area contributed by atoms with Crippen molar-refractivity contribution in [3.05, 3.63) is 66.6 Å². The van der Waals surface area contributed by atoms with Gasteiger partial charge in [-0.25, -0.2) is 14.4 Å². The van der Waals surface area contributed by atoms with E-state index in [1.165, 1.54) is 6.92 Å². The SMILES string of the molecule is CC(F)C(O)N1CCC(c2nccnc2Oc2ccc(Nc3nc4ccccc4s3)cc2)CC1. The minimum atomic E-state index is -1.28. The largest absolute Gasteiger partial charge is 0.437 e. The zero-order valence-electron chi connectivity index (χ0n) is 18.8. The second-order valence-corrected chi connectivity index (χ2v) is 9.42. The summed E-state index contributed by atoms with van der Waals surface area (Å²) in [4.78, 5) is 15.3. The van der Waals surface area contributed by atoms with Gasteiger partial charge in [-0.2, -0.15) is 0 Å². The smallest absolute Gasteiger partial charge is 0.241 e. The van der Waals surface area contributed by atoms with Gasteiger partial charge in [0.05, 0.1) is 10.2 Å². The van der Waals surface area contributed by atoms with Crippen LogP contribution in [0.2, 0.25) is 0 Å². The first-order valence-corrected chi connectivity index (χ1v) is 12.2. The summed E-state index contributed by atoms with van der Waals surface area (Å²) in [6, 6.07) is 15.7. The number of alkyl halides is 1. The van der Waals surface area contributed by atoms with Gasteiger partial charge in [0.2, 0.25) is 5.88 Å². The van der Waals surface area contributed by atoms with Gasteiger partial charge in [0.15, 0.2) is 5.13 Å². The number of aliphatic hydroxyl groups excluding tert-OH is 1. The Morgan fingerprint density at radius 2 is 1.82 bits per heavy atom. The first kappa shape index (κ1) is 22.6. The number of likely N-dealkylation sites (tertiary alicyclic amines) is 1. The normalized spacial score (nSPS) is 16.9. The zero-order valence-corrected chi connectivity index (χ0v) is 19.6. The molecule has 2 unspecified atom stereocenters. The van der Waals surface area contributed by atoms with Crippen LogP contribution < -0.4 is 10.1 Å². The maximum Gasteiger partial charge on any atom is 0.241 e. The van der Waals surface area contributed by atoms with Gasteiger partial charge in [-0.3, -0.25) is 9.88 Å². The van der Waals surface area contributed by atoms with E-state index in [1.807, 2.05) is 42.5 Å². The van der Waals surface area contributed by atoms with Crippen molar-refractivity contribution in [3.8, 4) is 11.6 Å². The van der Waals surface area contributed by atoms with Crippen molar-refractivity contribution in [3.63, 3.8) is 0 Å². The van der Waals surface area contributed by atoms with Crippen LogP contribution in [0, 0.1) is 0 Å². The fourth-order valence-electron chi connectivity index (χ4n) is 4.19. The molecule has 4 aromatic rings. The number of piperidine rings is 1. The number of benzene rings is 2. The molecule has 2 aromatic heterocycles. The maximum absolute atomic E-state index is 13.5. The predicted octanol–water partition coefficient (Wildman–Crippen LogP) is 5.48. The van der Waals surface area contributed by atoms with Crippen LogP contribution in [-0.2, 0) is 0 Å². The number of hydrogen-bond acceptors (Lipinski definition) is 8. The molecule has 1 aliphatic heterocycles. The van der Waals surface area contributed by atoms with Crippen LogP contribution in [0.15, 0.2) is 60.9 Å². The molecular weight excluding hydrogens is 453 g/mol. The number of para-hydroxylation sites is 1. The van der Waals surface area contributed by atoms with Crippen LogP contribution >= 0.6 is 11.3 Å². The van der Waals surface area contributed by atoms with Crippen molar-refractivity contribution < 1.29 is 14.2 Å². The summed E-state index contributed by atoms with van der Waals surface area (Å²) < 4.78 is 20.7. The molecule has 2 N–H and O–H groups in total. The summed E-state index contributed by atoms with van der Waals surface area (Å²) in [5.74, 6) is 1.28. The number of fused-ring (bicyclic) bond motifs is 1. The molecule has 7 nitrogen and oxygen atoms in total. The molecule has 3 heterocycles. The lowest BCUT2D eigenvalue weighted by molar-refractivity contribution is -0.0565. The van der Waals surface area contributed by atoms with Gasteiger partial charge in [-0.05, 0) is 56.2 Å². The van der Waals surface area contributed by atoms with Gasteiger partial charge >= 0.3 is 0 Å². The molecule has 0 spiro atoms. The van der Waals surface area contributed by atoms with Crippen LogP contribution in [0.1, 0.15) is 31.4 Å². The molecule has 5 rings (SSSR count). The monoisotopic (exact) mass is 479 g/mol. The lowest BCUT2D eigenvalue weighted by atomic mass is 9.93. The molecule has 34 heavy (non-hydrogen) atoms. The summed E-state index contributed by atoms with van der Waals surface area (Å²) in [5, 5.41) is 14.2. The molecule has 9 heteroatoms. The summed E-state index contributed by atoms with van der Waals surface area (Å²) in [5.41, 5.74) is 2.69. The van der Waals surface area contributed by atoms with Crippen molar-refractivity contribution in [1.29, 1.82) is 0 Å². The van der Waals surface area contributed by atoms with E-state index in [-0.39, 0.29) is 5.92 Å². The molecular formula is C25H26FN5O2S. The van der Waals surface area contributed by atoms with Crippen LogP contribution in [0.4, 0.5) is 15.2 Å². The number of nitrogens with one attached hydrogen (secondary N) is 1. The van der Waals surface area contributed by atoms with E-state index >= 15 is 0 Å². The average Bonchev–Trinajstić information content (AvgIpc) is 3.27. The number of thiazole rings is 1. The number of anilines is 2. The Labute approximate surface area is 201 Å². The second-order valence-electron chi connectivity index (χ2n) is 8.39. The van der Waals surface area contributed by atoms with E-state index in [2.05, 4.69) is 26.3 Å². The lowest BCUT2D eigenvalue weighted by Crippen LogP contribution is -2.45. The molecule has 2 atom stereocenters. The topological polar surface area (TPSA) is 83.4 Å². The fraction of sp³-hybridized carbons (Fsp3) is 0.320. The molecule has 176 valence electrons. The summed E-state index contributed by atoms with van der Waals surface area (Å²) in [6.07, 6.45) is 2.45. The molecule has 1 aliphatic rings. The van der Waals surface area contributed by atoms with E-state index in [1.54, 1.807) is 28.6 Å². The van der Waals surface area contributed by atoms with Crippen LogP contribution in [0.3, 0.4) is 0 Å². The van der Waals surface area contributed by atoms with Crippen molar-refractivity contribution in [1.82, 2.24) is 19.9 Å². The van der Waals surface area contributed by atoms with Gasteiger partial charge in [-0.15, -0.1) is 0 Å². The maximum atomic E-state index is 13.5. The number of aliphatic hydroxyl groups is 1. The van der Waals surface area contributed by atoms with Crippen molar-refractivity contribution in [2.45, 2.75) is 38.1 Å². The van der Waals surface area contributed by atoms with Gasteiger partial charge < -0.3 is 15.2 Å². The third-order valence-electron chi connectivity index (χ3n) is 6.01. The molecule has 0 bridgehead atoms. The van der Waals surface area contributed by atoms with E-state index in [9.17, 15) is 9.50 Å². The standard InChI is InChI=1S/C25H26FN5O2S/c1-16(26)24(32)31-14-10-17(11-15-31)22-23(28-13-12-27-22)33-19-8-6-18(7-9-19)29-25-30-20-4-2-3-5-21(20)34-25/h2-9,12-13,16-17,24,32H,10-11,14-15H2,1H3,(H,29,30). The van der Waals surface area contributed by atoms with E-state index in [4.69, 9.17) is 4.74 Å². The quantitative estimate of drug-likeness (QED) is 0.363. The van der Waals surface area contributed by atoms with Crippen molar-refractivity contribution >= 4 is 32.4 Å². The Hall–Kier alpha value is -3.14. The molecule has 2 aromatic carbocycles. The van der Waals surface area contributed by atoms with Crippen molar-refractivity contribution in [2.75, 3.05) is 18.4 Å². The highest BCUT2D eigenvalue weighted by molar-refractivity contribution is 7.22. The number of rotatable bonds is 7. The highest BCUT2D eigenvalue weighted by atomic mass is 32.1. The van der Waals surface area contributed by atoms with Crippen molar-refractivity contribution in [2.24, 2.45) is 0 Å². The first-order valence-electron chi connectivity index (χ1n) is 11.3. The first-order chi connectivity index (χ1) is 16.6. The van der Waals surface area contributed by atoms with E-state index in [0.29, 0.717) is 24.7 Å². The Bertz CT molecular complexity index is 1210. The number of hydrogen-bond donors (Lipinski definition) is 2. The lowest BCUT2D eigenvalue weighted by Gasteiger charge is -2.35. The third kappa shape index (κ3) is 5.01. The highest BCUT2D eigenvalue weighted by Crippen LogP contribution is 2.35.